The fourth-order valence-corrected chi connectivity index (χ4v) is 6.40. The van der Waals surface area contributed by atoms with Gasteiger partial charge in [0.15, 0.2) is 0 Å². The Labute approximate surface area is 272 Å². The Bertz CT molecular complexity index is 2770. The van der Waals surface area contributed by atoms with Crippen molar-refractivity contribution in [3.05, 3.63) is 170 Å². The number of furan rings is 1. The third-order valence-electron chi connectivity index (χ3n) is 8.32. The van der Waals surface area contributed by atoms with E-state index in [-0.39, 0.29) is 53.4 Å². The molecule has 0 aliphatic carbocycles. The summed E-state index contributed by atoms with van der Waals surface area (Å²) >= 11 is 0. The summed E-state index contributed by atoms with van der Waals surface area (Å²) in [7, 11) is 0. The molecule has 212 valence electrons. The molecule has 0 aliphatic heterocycles. The molecule has 1 heterocycles. The van der Waals surface area contributed by atoms with Gasteiger partial charge in [0, 0.05) is 16.3 Å². The number of benzene rings is 7. The second kappa shape index (κ2) is 11.0. The van der Waals surface area contributed by atoms with Crippen molar-refractivity contribution in [2.75, 3.05) is 0 Å². The highest BCUT2D eigenvalue weighted by atomic mass is 16.3. The molecular weight excluding hydrogens is 544 g/mol. The molecule has 0 bridgehead atoms. The van der Waals surface area contributed by atoms with Crippen LogP contribution < -0.4 is 0 Å². The van der Waals surface area contributed by atoms with Crippen molar-refractivity contribution in [3.8, 4) is 44.5 Å². The smallest absolute Gasteiger partial charge is 0.136 e. The zero-order chi connectivity index (χ0) is 36.4. The molecule has 1 nitrogen and oxygen atoms in total. The molecule has 0 amide bonds. The van der Waals surface area contributed by atoms with E-state index in [2.05, 4.69) is 13.2 Å². The van der Waals surface area contributed by atoms with E-state index in [1.54, 1.807) is 30.4 Å². The van der Waals surface area contributed by atoms with Gasteiger partial charge in [-0.3, -0.25) is 0 Å². The lowest BCUT2D eigenvalue weighted by Gasteiger charge is -2.22. The summed E-state index contributed by atoms with van der Waals surface area (Å²) in [5.41, 5.74) is 6.59. The third-order valence-corrected chi connectivity index (χ3v) is 8.32. The topological polar surface area (TPSA) is 13.1 Å². The summed E-state index contributed by atoms with van der Waals surface area (Å²) < 4.78 is 68.9. The van der Waals surface area contributed by atoms with E-state index in [1.165, 1.54) is 6.07 Å². The van der Waals surface area contributed by atoms with Crippen molar-refractivity contribution in [2.45, 2.75) is 0 Å². The van der Waals surface area contributed by atoms with E-state index in [0.29, 0.717) is 49.9 Å². The van der Waals surface area contributed by atoms with Gasteiger partial charge in [0.1, 0.15) is 11.2 Å². The van der Waals surface area contributed by atoms with E-state index >= 15 is 0 Å². The van der Waals surface area contributed by atoms with Gasteiger partial charge in [-0.25, -0.2) is 0 Å². The van der Waals surface area contributed by atoms with Crippen molar-refractivity contribution in [3.63, 3.8) is 0 Å². The molecule has 0 saturated heterocycles. The van der Waals surface area contributed by atoms with Gasteiger partial charge in [-0.2, -0.15) is 0 Å². The normalized spacial score (nSPS) is 13.5. The molecule has 0 unspecified atom stereocenters. The van der Waals surface area contributed by atoms with Gasteiger partial charge in [0.05, 0.1) is 9.60 Å². The molecule has 0 radical (unpaired) electrons. The van der Waals surface area contributed by atoms with Crippen LogP contribution in [0.4, 0.5) is 0 Å². The molecule has 8 aromatic rings. The van der Waals surface area contributed by atoms with Crippen LogP contribution in [0, 0.1) is 0 Å². The monoisotopic (exact) mass is 581 g/mol. The lowest BCUT2D eigenvalue weighted by molar-refractivity contribution is 0.669. The average molecular weight is 582 g/mol. The zero-order valence-electron chi connectivity index (χ0n) is 31.3. The van der Waals surface area contributed by atoms with Crippen molar-refractivity contribution in [1.82, 2.24) is 0 Å². The lowest BCUT2D eigenvalue weighted by Crippen LogP contribution is -1.98. The maximum Gasteiger partial charge on any atom is 0.136 e. The zero-order valence-corrected chi connectivity index (χ0v) is 24.3. The molecule has 45 heavy (non-hydrogen) atoms. The first kappa shape index (κ1) is 20.1. The minimum atomic E-state index is -0.170. The molecule has 0 saturated carbocycles. The van der Waals surface area contributed by atoms with Crippen LogP contribution in [0.1, 0.15) is 20.7 Å². The lowest BCUT2D eigenvalue weighted by atomic mass is 9.80. The maximum absolute atomic E-state index is 9.32. The Hall–Kier alpha value is -5.92. The number of para-hydroxylation sites is 1. The van der Waals surface area contributed by atoms with Crippen LogP contribution in [-0.2, 0) is 0 Å². The van der Waals surface area contributed by atoms with Crippen LogP contribution in [0.5, 0.6) is 0 Å². The molecule has 0 aliphatic rings. The molecule has 0 spiro atoms. The van der Waals surface area contributed by atoms with Gasteiger partial charge >= 0.3 is 0 Å². The quantitative estimate of drug-likeness (QED) is 0.190. The molecule has 0 fully saturated rings. The first-order chi connectivity index (χ1) is 25.2. The Kier molecular flexibility index (Phi) is 4.90. The molecule has 7 aromatic carbocycles. The summed E-state index contributed by atoms with van der Waals surface area (Å²) in [6.07, 6.45) is 3.38. The summed E-state index contributed by atoms with van der Waals surface area (Å²) in [5.74, 6) is 0. The second-order valence-corrected chi connectivity index (χ2v) is 10.7. The largest absolute Gasteiger partial charge is 0.456 e. The summed E-state index contributed by atoms with van der Waals surface area (Å²) in [6, 6.07) is 30.5. The van der Waals surface area contributed by atoms with Crippen molar-refractivity contribution >= 4 is 44.9 Å². The van der Waals surface area contributed by atoms with Crippen LogP contribution in [-0.4, -0.2) is 0 Å². The van der Waals surface area contributed by atoms with Crippen LogP contribution in [0.2, 0.25) is 0 Å². The van der Waals surface area contributed by atoms with Crippen molar-refractivity contribution in [1.29, 1.82) is 0 Å². The van der Waals surface area contributed by atoms with Crippen LogP contribution >= 0.6 is 0 Å². The fraction of sp³-hybridized carbons (Fsp3) is 0. The van der Waals surface area contributed by atoms with Gasteiger partial charge in [-0.05, 0) is 73.0 Å². The third kappa shape index (κ3) is 4.32. The Morgan fingerprint density at radius 2 is 1.11 bits per heavy atom. The minimum absolute atomic E-state index is 0.00711. The minimum Gasteiger partial charge on any atom is -0.456 e. The molecule has 8 rings (SSSR count). The number of hydrogen-bond acceptors (Lipinski definition) is 1. The van der Waals surface area contributed by atoms with Crippen molar-refractivity contribution < 1.29 is 14.0 Å². The van der Waals surface area contributed by atoms with E-state index in [9.17, 15) is 2.74 Å². The van der Waals surface area contributed by atoms with Crippen LogP contribution in [0.15, 0.2) is 163 Å². The second-order valence-electron chi connectivity index (χ2n) is 10.7. The Balaban J connectivity index is 1.57. The number of fused-ring (bicyclic) bond motifs is 4. The van der Waals surface area contributed by atoms with E-state index in [4.69, 9.17) is 11.3 Å². The maximum atomic E-state index is 9.32. The number of hydrogen-bond donors (Lipinski definition) is 0. The van der Waals surface area contributed by atoms with Crippen LogP contribution in [0.3, 0.4) is 0 Å². The first-order valence-corrected chi connectivity index (χ1v) is 14.7. The fourth-order valence-electron chi connectivity index (χ4n) is 6.40. The summed E-state index contributed by atoms with van der Waals surface area (Å²) in [6.45, 7) is 8.44. The number of rotatable bonds is 6. The predicted octanol–water partition coefficient (Wildman–Crippen LogP) is 12.7. The highest BCUT2D eigenvalue weighted by molar-refractivity contribution is 6.22. The first-order valence-electron chi connectivity index (χ1n) is 18.2. The van der Waals surface area contributed by atoms with Gasteiger partial charge in [0.25, 0.3) is 0 Å². The molecule has 1 aromatic heterocycles. The summed E-state index contributed by atoms with van der Waals surface area (Å²) in [4.78, 5) is 0. The molecule has 1 heteroatoms. The van der Waals surface area contributed by atoms with Gasteiger partial charge in [-0.15, -0.1) is 0 Å². The van der Waals surface area contributed by atoms with E-state index in [0.717, 1.165) is 27.3 Å². The highest BCUT2D eigenvalue weighted by Crippen LogP contribution is 2.49. The standard InChI is InChI=1S/C44H30O/c1-3-33-34(4-2)42(37-20-12-11-19-36(37)41(33)32-25-23-30(24-26-32)29-15-7-5-8-16-29)44-35(31-17-9-6-10-18-31)27-28-40-43(44)38-21-13-14-22-39(38)45-40/h3-28H,1-2H2/i6D,9D,18D,23D,24D,25D,26D. The van der Waals surface area contributed by atoms with E-state index in [1.807, 2.05) is 78.9 Å². The SMILES string of the molecule is [2H]c1cc([2H])c(-c2ccc3oc4ccccc4c3c2-c2c(C=C)c(C=C)c(-c3c([2H])c([2H])c(-c4ccccc4)c([2H])c3[2H])c3ccccc23)cc1[2H]. The van der Waals surface area contributed by atoms with Gasteiger partial charge in [0.2, 0.25) is 0 Å². The highest BCUT2D eigenvalue weighted by Gasteiger charge is 2.24. The molecule has 0 atom stereocenters. The molecule has 0 N–H and O–H groups in total. The Morgan fingerprint density at radius 1 is 0.467 bits per heavy atom. The van der Waals surface area contributed by atoms with Crippen LogP contribution in [0.25, 0.3) is 89.4 Å². The predicted molar refractivity (Wildman–Crippen MR) is 193 cm³/mol. The Morgan fingerprint density at radius 3 is 1.87 bits per heavy atom. The summed E-state index contributed by atoms with van der Waals surface area (Å²) in [5, 5.41) is 3.07. The van der Waals surface area contributed by atoms with Gasteiger partial charge < -0.3 is 4.42 Å². The average Bonchev–Trinajstić information content (AvgIpc) is 3.54. The van der Waals surface area contributed by atoms with Gasteiger partial charge in [-0.1, -0.05) is 159 Å². The molecular formula is C44H30O. The van der Waals surface area contributed by atoms with Crippen molar-refractivity contribution in [2.24, 2.45) is 0 Å². The van der Waals surface area contributed by atoms with E-state index < -0.39 is 0 Å².